The number of nitrogens with zero attached hydrogens (tertiary/aromatic N) is 2. The molecule has 0 amide bonds. The van der Waals surface area contributed by atoms with Crippen LogP contribution in [0.15, 0.2) is 23.7 Å². The zero-order chi connectivity index (χ0) is 9.97. The molecule has 2 rings (SSSR count). The van der Waals surface area contributed by atoms with E-state index in [-0.39, 0.29) is 0 Å². The van der Waals surface area contributed by atoms with Gasteiger partial charge in [0.25, 0.3) is 0 Å². The van der Waals surface area contributed by atoms with Crippen LogP contribution in [0, 0.1) is 6.92 Å². The number of aryl methyl sites for hydroxylation is 1. The molecular weight excluding hydrogens is 194 g/mol. The van der Waals surface area contributed by atoms with Gasteiger partial charge in [0.1, 0.15) is 0 Å². The van der Waals surface area contributed by atoms with Gasteiger partial charge >= 0.3 is 0 Å². The summed E-state index contributed by atoms with van der Waals surface area (Å²) >= 11 is 1.77. The molecule has 0 aliphatic rings. The summed E-state index contributed by atoms with van der Waals surface area (Å²) in [6.45, 7) is 2.92. The quantitative estimate of drug-likeness (QED) is 0.838. The van der Waals surface area contributed by atoms with Crippen molar-refractivity contribution < 1.29 is 0 Å². The van der Waals surface area contributed by atoms with E-state index in [0.717, 1.165) is 18.2 Å². The number of hydrogen-bond donors (Lipinski definition) is 1. The van der Waals surface area contributed by atoms with Gasteiger partial charge in [0.15, 0.2) is 0 Å². The minimum atomic E-state index is 0.907. The van der Waals surface area contributed by atoms with Crippen molar-refractivity contribution in [2.24, 2.45) is 0 Å². The van der Waals surface area contributed by atoms with Crippen LogP contribution in [-0.2, 0) is 6.54 Å². The molecule has 0 spiro atoms. The molecule has 3 nitrogen and oxygen atoms in total. The lowest BCUT2D eigenvalue weighted by molar-refractivity contribution is 0.893. The van der Waals surface area contributed by atoms with Crippen LogP contribution in [0.3, 0.4) is 0 Å². The Morgan fingerprint density at radius 3 is 3.00 bits per heavy atom. The maximum absolute atomic E-state index is 4.27. The van der Waals surface area contributed by atoms with Crippen molar-refractivity contribution >= 4 is 17.3 Å². The van der Waals surface area contributed by atoms with Crippen molar-refractivity contribution in [2.45, 2.75) is 13.5 Å². The van der Waals surface area contributed by atoms with Gasteiger partial charge < -0.3 is 9.88 Å². The van der Waals surface area contributed by atoms with Crippen LogP contribution < -0.4 is 4.90 Å². The monoisotopic (exact) mass is 207 g/mol. The van der Waals surface area contributed by atoms with Gasteiger partial charge in [-0.3, -0.25) is 0 Å². The molecule has 1 N–H and O–H groups in total. The van der Waals surface area contributed by atoms with Crippen molar-refractivity contribution in [1.29, 1.82) is 0 Å². The number of H-pyrrole nitrogens is 1. The van der Waals surface area contributed by atoms with E-state index >= 15 is 0 Å². The van der Waals surface area contributed by atoms with Gasteiger partial charge in [0.2, 0.25) is 5.95 Å². The number of hydrogen-bond acceptors (Lipinski definition) is 3. The van der Waals surface area contributed by atoms with Crippen LogP contribution in [0.1, 0.15) is 10.6 Å². The summed E-state index contributed by atoms with van der Waals surface area (Å²) in [7, 11) is 2.04. The SMILES string of the molecule is Cc1cnc(N(C)Cc2cccs2)[nH]1. The lowest BCUT2D eigenvalue weighted by atomic mass is 10.4. The second-order valence-electron chi connectivity index (χ2n) is 3.33. The number of nitrogens with one attached hydrogen (secondary N) is 1. The highest BCUT2D eigenvalue weighted by Crippen LogP contribution is 2.14. The van der Waals surface area contributed by atoms with Crippen LogP contribution in [0.2, 0.25) is 0 Å². The molecule has 0 unspecified atom stereocenters. The maximum Gasteiger partial charge on any atom is 0.203 e. The summed E-state index contributed by atoms with van der Waals surface area (Å²) in [5, 5.41) is 2.09. The third-order valence-corrected chi connectivity index (χ3v) is 2.89. The summed E-state index contributed by atoms with van der Waals surface area (Å²) in [6.07, 6.45) is 1.85. The van der Waals surface area contributed by atoms with E-state index in [1.54, 1.807) is 11.3 Å². The highest BCUT2D eigenvalue weighted by Gasteiger charge is 2.05. The van der Waals surface area contributed by atoms with E-state index in [0.29, 0.717) is 0 Å². The van der Waals surface area contributed by atoms with Crippen molar-refractivity contribution in [3.63, 3.8) is 0 Å². The van der Waals surface area contributed by atoms with Crippen LogP contribution in [0.25, 0.3) is 0 Å². The largest absolute Gasteiger partial charge is 0.340 e. The Morgan fingerprint density at radius 2 is 2.43 bits per heavy atom. The molecule has 74 valence electrons. The van der Waals surface area contributed by atoms with Gasteiger partial charge in [-0.15, -0.1) is 11.3 Å². The smallest absolute Gasteiger partial charge is 0.203 e. The summed E-state index contributed by atoms with van der Waals surface area (Å²) in [4.78, 5) is 10.9. The van der Waals surface area contributed by atoms with E-state index in [1.165, 1.54) is 4.88 Å². The van der Waals surface area contributed by atoms with E-state index in [2.05, 4.69) is 32.4 Å². The minimum absolute atomic E-state index is 0.907. The predicted octanol–water partition coefficient (Wildman–Crippen LogP) is 2.42. The van der Waals surface area contributed by atoms with Crippen LogP contribution in [0.4, 0.5) is 5.95 Å². The maximum atomic E-state index is 4.27. The highest BCUT2D eigenvalue weighted by molar-refractivity contribution is 7.09. The summed E-state index contributed by atoms with van der Waals surface area (Å²) in [5.41, 5.74) is 1.10. The number of rotatable bonds is 3. The normalized spacial score (nSPS) is 10.4. The third-order valence-electron chi connectivity index (χ3n) is 2.02. The fourth-order valence-corrected chi connectivity index (χ4v) is 2.06. The average Bonchev–Trinajstić information content (AvgIpc) is 2.75. The Kier molecular flexibility index (Phi) is 2.54. The number of imidazole rings is 1. The molecular formula is C10H13N3S. The first-order valence-corrected chi connectivity index (χ1v) is 5.39. The van der Waals surface area contributed by atoms with E-state index in [4.69, 9.17) is 0 Å². The lowest BCUT2D eigenvalue weighted by Crippen LogP contribution is -2.16. The van der Waals surface area contributed by atoms with Gasteiger partial charge in [-0.2, -0.15) is 0 Å². The number of anilines is 1. The van der Waals surface area contributed by atoms with Gasteiger partial charge in [-0.05, 0) is 18.4 Å². The fourth-order valence-electron chi connectivity index (χ4n) is 1.30. The first kappa shape index (κ1) is 9.27. The fraction of sp³-hybridized carbons (Fsp3) is 0.300. The van der Waals surface area contributed by atoms with Gasteiger partial charge in [0, 0.05) is 23.8 Å². The number of aromatic amines is 1. The highest BCUT2D eigenvalue weighted by atomic mass is 32.1. The molecule has 0 radical (unpaired) electrons. The van der Waals surface area contributed by atoms with Gasteiger partial charge in [-0.25, -0.2) is 4.98 Å². The van der Waals surface area contributed by atoms with Crippen molar-refractivity contribution in [3.05, 3.63) is 34.3 Å². The van der Waals surface area contributed by atoms with Crippen LogP contribution in [0.5, 0.6) is 0 Å². The van der Waals surface area contributed by atoms with Crippen LogP contribution in [-0.4, -0.2) is 17.0 Å². The molecule has 2 aromatic rings. The summed E-state index contributed by atoms with van der Waals surface area (Å²) in [5.74, 6) is 0.927. The Hall–Kier alpha value is -1.29. The predicted molar refractivity (Wildman–Crippen MR) is 59.8 cm³/mol. The number of aromatic nitrogens is 2. The molecule has 0 bridgehead atoms. The van der Waals surface area contributed by atoms with Crippen molar-refractivity contribution in [2.75, 3.05) is 11.9 Å². The molecule has 14 heavy (non-hydrogen) atoms. The van der Waals surface area contributed by atoms with Gasteiger partial charge in [-0.1, -0.05) is 6.07 Å². The Bertz CT molecular complexity index is 391. The second-order valence-corrected chi connectivity index (χ2v) is 4.36. The molecule has 0 aliphatic heterocycles. The summed E-state index contributed by atoms with van der Waals surface area (Å²) < 4.78 is 0. The molecule has 4 heteroatoms. The topological polar surface area (TPSA) is 31.9 Å². The Labute approximate surface area is 87.4 Å². The van der Waals surface area contributed by atoms with E-state index < -0.39 is 0 Å². The molecule has 2 aromatic heterocycles. The first-order chi connectivity index (χ1) is 6.75. The standard InChI is InChI=1S/C10H13N3S/c1-8-6-11-10(12-8)13(2)7-9-4-3-5-14-9/h3-6H,7H2,1-2H3,(H,11,12). The molecule has 0 aromatic carbocycles. The molecule has 0 saturated heterocycles. The molecule has 0 saturated carbocycles. The first-order valence-electron chi connectivity index (χ1n) is 4.51. The molecule has 2 heterocycles. The molecule has 0 atom stereocenters. The number of thiophene rings is 1. The van der Waals surface area contributed by atoms with Gasteiger partial charge in [0.05, 0.1) is 6.54 Å². The van der Waals surface area contributed by atoms with Crippen LogP contribution >= 0.6 is 11.3 Å². The van der Waals surface area contributed by atoms with Crippen molar-refractivity contribution in [1.82, 2.24) is 9.97 Å². The summed E-state index contributed by atoms with van der Waals surface area (Å²) in [6, 6.07) is 4.21. The Morgan fingerprint density at radius 1 is 1.57 bits per heavy atom. The lowest BCUT2D eigenvalue weighted by Gasteiger charge is -2.14. The Balaban J connectivity index is 2.06. The molecule has 0 fully saturated rings. The van der Waals surface area contributed by atoms with E-state index in [9.17, 15) is 0 Å². The zero-order valence-electron chi connectivity index (χ0n) is 8.32. The van der Waals surface area contributed by atoms with Crippen molar-refractivity contribution in [3.8, 4) is 0 Å². The minimum Gasteiger partial charge on any atom is -0.340 e. The molecule has 0 aliphatic carbocycles. The average molecular weight is 207 g/mol. The zero-order valence-corrected chi connectivity index (χ0v) is 9.14. The van der Waals surface area contributed by atoms with E-state index in [1.807, 2.05) is 20.2 Å². The second kappa shape index (κ2) is 3.84. The third kappa shape index (κ3) is 1.96.